The Hall–Kier alpha value is -1.28. The molecule has 0 saturated carbocycles. The summed E-state index contributed by atoms with van der Waals surface area (Å²) in [5.74, 6) is -0.157. The van der Waals surface area contributed by atoms with Crippen LogP contribution in [-0.4, -0.2) is 68.5 Å². The Morgan fingerprint density at radius 3 is 1.08 bits per heavy atom. The van der Waals surface area contributed by atoms with Gasteiger partial charge in [-0.15, -0.1) is 0 Å². The van der Waals surface area contributed by atoms with E-state index in [0.29, 0.717) is 23.9 Å². The molecule has 0 aromatic carbocycles. The van der Waals surface area contributed by atoms with E-state index in [1.54, 1.807) is 0 Å². The van der Waals surface area contributed by atoms with E-state index in [-0.39, 0.29) is 19.1 Å². The van der Waals surface area contributed by atoms with Crippen LogP contribution in [0, 0.1) is 0 Å². The minimum absolute atomic E-state index is 0.0147. The van der Waals surface area contributed by atoms with Crippen LogP contribution in [0.15, 0.2) is 36.5 Å². The molecule has 0 aliphatic heterocycles. The molecule has 0 aliphatic rings. The number of phosphoric ester groups is 1. The van der Waals surface area contributed by atoms with Crippen molar-refractivity contribution in [2.45, 2.75) is 360 Å². The molecule has 0 radical (unpaired) electrons. The summed E-state index contributed by atoms with van der Waals surface area (Å²) in [5.41, 5.74) is 0. The van der Waals surface area contributed by atoms with Gasteiger partial charge in [-0.05, 0) is 51.4 Å². The molecule has 3 atom stereocenters. The van der Waals surface area contributed by atoms with Crippen molar-refractivity contribution in [2.24, 2.45) is 0 Å². The average molecular weight is 1120 g/mol. The van der Waals surface area contributed by atoms with E-state index in [2.05, 4.69) is 55.6 Å². The van der Waals surface area contributed by atoms with Crippen molar-refractivity contribution in [1.29, 1.82) is 0 Å². The summed E-state index contributed by atoms with van der Waals surface area (Å²) >= 11 is 0. The lowest BCUT2D eigenvalue weighted by molar-refractivity contribution is -0.870. The summed E-state index contributed by atoms with van der Waals surface area (Å²) in [6.07, 6.45) is 79.4. The fraction of sp³-hybridized carbons (Fsp3) is 0.899. The summed E-state index contributed by atoms with van der Waals surface area (Å²) in [5, 5.41) is 14.1. The molecule has 462 valence electrons. The second-order valence-electron chi connectivity index (χ2n) is 24.9. The third-order valence-corrected chi connectivity index (χ3v) is 16.8. The van der Waals surface area contributed by atoms with Gasteiger partial charge in [0.05, 0.1) is 39.9 Å². The summed E-state index contributed by atoms with van der Waals surface area (Å²) < 4.78 is 23.5. The predicted octanol–water partition coefficient (Wildman–Crippen LogP) is 21.0. The zero-order valence-electron chi connectivity index (χ0n) is 52.9. The van der Waals surface area contributed by atoms with Crippen molar-refractivity contribution in [3.05, 3.63) is 36.5 Å². The van der Waals surface area contributed by atoms with Crippen LogP contribution in [0.5, 0.6) is 0 Å². The number of rotatable bonds is 64. The molecule has 78 heavy (non-hydrogen) atoms. The van der Waals surface area contributed by atoms with E-state index in [0.717, 1.165) is 51.4 Å². The molecule has 9 heteroatoms. The van der Waals surface area contributed by atoms with Gasteiger partial charge in [0, 0.05) is 6.42 Å². The third-order valence-electron chi connectivity index (χ3n) is 15.9. The molecule has 1 amide bonds. The number of quaternary nitrogens is 1. The fourth-order valence-corrected chi connectivity index (χ4v) is 11.2. The van der Waals surface area contributed by atoms with Gasteiger partial charge in [-0.1, -0.05) is 326 Å². The van der Waals surface area contributed by atoms with Crippen LogP contribution < -0.4 is 10.2 Å². The van der Waals surface area contributed by atoms with Gasteiger partial charge >= 0.3 is 0 Å². The number of carbonyl (C=O) groups excluding carboxylic acids is 1. The topological polar surface area (TPSA) is 108 Å². The number of aliphatic hydroxyl groups excluding tert-OH is 1. The number of carbonyl (C=O) groups is 1. The lowest BCUT2D eigenvalue weighted by Gasteiger charge is -2.30. The van der Waals surface area contributed by atoms with E-state index in [4.69, 9.17) is 9.05 Å². The molecule has 0 aromatic rings. The normalized spacial score (nSPS) is 13.9. The number of unbranched alkanes of at least 4 members (excludes halogenated alkanes) is 45. The quantitative estimate of drug-likeness (QED) is 0.0272. The molecular formula is C69H135N2O6P. The molecule has 0 spiro atoms. The number of nitrogens with one attached hydrogen (secondary N) is 1. The fourth-order valence-electron chi connectivity index (χ4n) is 10.5. The van der Waals surface area contributed by atoms with Crippen molar-refractivity contribution >= 4 is 13.7 Å². The first kappa shape index (κ1) is 76.7. The lowest BCUT2D eigenvalue weighted by Crippen LogP contribution is -2.46. The standard InChI is InChI=1S/C69H135N2O6P/c1-6-8-10-12-14-16-18-20-22-24-25-26-27-28-29-30-31-32-33-34-35-36-37-38-39-40-41-42-43-44-45-47-49-51-53-55-57-59-61-63-69(73)70-67(66-77-78(74,75)76-65-64-71(3,4)5)68(72)62-60-58-56-54-52-50-48-46-23-21-19-17-15-13-11-9-7-2/h18,20,24-25,27-28,67-68,72H,6-17,19,21-23,26,29-66H2,1-5H3,(H-,70,73,74,75)/b20-18-,25-24-,28-27-. The van der Waals surface area contributed by atoms with Gasteiger partial charge in [0.2, 0.25) is 5.91 Å². The Morgan fingerprint density at radius 2 is 0.744 bits per heavy atom. The summed E-state index contributed by atoms with van der Waals surface area (Å²) in [4.78, 5) is 25.6. The highest BCUT2D eigenvalue weighted by atomic mass is 31.2. The van der Waals surface area contributed by atoms with E-state index < -0.39 is 20.0 Å². The Balaban J connectivity index is 3.89. The van der Waals surface area contributed by atoms with E-state index in [1.165, 1.54) is 270 Å². The van der Waals surface area contributed by atoms with Crippen LogP contribution in [-0.2, 0) is 18.4 Å². The molecule has 0 aromatic heterocycles. The Bertz CT molecular complexity index is 1360. The lowest BCUT2D eigenvalue weighted by atomic mass is 10.0. The Kier molecular flexibility index (Phi) is 59.3. The SMILES string of the molecule is CCCCCCC/C=C\C/C=C\C/C=C\CCCCCCCCCCCCCCCCCCCCCCCCCCC(=O)NC(COP(=O)([O-])OCC[N+](C)(C)C)C(O)CCCCCCCCCCCCCCCCCCC. The maximum Gasteiger partial charge on any atom is 0.268 e. The molecule has 2 N–H and O–H groups in total. The van der Waals surface area contributed by atoms with Crippen LogP contribution >= 0.6 is 7.82 Å². The molecule has 3 unspecified atom stereocenters. The monoisotopic (exact) mass is 1120 g/mol. The zero-order chi connectivity index (χ0) is 57.0. The number of allylic oxidation sites excluding steroid dienone is 6. The Morgan fingerprint density at radius 1 is 0.449 bits per heavy atom. The second-order valence-corrected chi connectivity index (χ2v) is 26.3. The molecule has 0 aliphatic carbocycles. The van der Waals surface area contributed by atoms with Crippen LogP contribution in [0.2, 0.25) is 0 Å². The summed E-state index contributed by atoms with van der Waals surface area (Å²) in [7, 11) is 1.32. The molecule has 0 fully saturated rings. The van der Waals surface area contributed by atoms with E-state index >= 15 is 0 Å². The number of likely N-dealkylation sites (N-methyl/N-ethyl adjacent to an activating group) is 1. The molecule has 0 rings (SSSR count). The van der Waals surface area contributed by atoms with Crippen LogP contribution in [0.3, 0.4) is 0 Å². The maximum absolute atomic E-state index is 13.0. The van der Waals surface area contributed by atoms with Gasteiger partial charge in [0.25, 0.3) is 7.82 Å². The number of amides is 1. The third kappa shape index (κ3) is 62.3. The van der Waals surface area contributed by atoms with Crippen molar-refractivity contribution in [1.82, 2.24) is 5.32 Å². The van der Waals surface area contributed by atoms with Crippen molar-refractivity contribution in [3.63, 3.8) is 0 Å². The highest BCUT2D eigenvalue weighted by molar-refractivity contribution is 7.45. The molecule has 0 bridgehead atoms. The molecule has 8 nitrogen and oxygen atoms in total. The predicted molar refractivity (Wildman–Crippen MR) is 339 cm³/mol. The van der Waals surface area contributed by atoms with Gasteiger partial charge in [-0.25, -0.2) is 0 Å². The molecule has 0 heterocycles. The minimum atomic E-state index is -4.57. The van der Waals surface area contributed by atoms with Crippen LogP contribution in [0.25, 0.3) is 0 Å². The average Bonchev–Trinajstić information content (AvgIpc) is 3.40. The van der Waals surface area contributed by atoms with Gasteiger partial charge in [0.1, 0.15) is 13.2 Å². The van der Waals surface area contributed by atoms with E-state index in [9.17, 15) is 19.4 Å². The first-order valence-electron chi connectivity index (χ1n) is 34.3. The Labute approximate surface area is 487 Å². The summed E-state index contributed by atoms with van der Waals surface area (Å²) in [6.45, 7) is 4.76. The first-order chi connectivity index (χ1) is 38.0. The van der Waals surface area contributed by atoms with Gasteiger partial charge < -0.3 is 28.8 Å². The van der Waals surface area contributed by atoms with Crippen molar-refractivity contribution in [2.75, 3.05) is 40.9 Å². The number of hydrogen-bond acceptors (Lipinski definition) is 6. The number of hydrogen-bond donors (Lipinski definition) is 2. The largest absolute Gasteiger partial charge is 0.756 e. The number of phosphoric acid groups is 1. The number of nitrogens with zero attached hydrogens (tertiary/aromatic N) is 1. The van der Waals surface area contributed by atoms with Gasteiger partial charge in [-0.2, -0.15) is 0 Å². The smallest absolute Gasteiger partial charge is 0.268 e. The number of aliphatic hydroxyl groups is 1. The second kappa shape index (κ2) is 60.3. The molecular weight excluding hydrogens is 984 g/mol. The van der Waals surface area contributed by atoms with Gasteiger partial charge in [-0.3, -0.25) is 9.36 Å². The van der Waals surface area contributed by atoms with Crippen molar-refractivity contribution < 1.29 is 32.9 Å². The van der Waals surface area contributed by atoms with Crippen molar-refractivity contribution in [3.8, 4) is 0 Å². The van der Waals surface area contributed by atoms with Crippen LogP contribution in [0.1, 0.15) is 348 Å². The molecule has 0 saturated heterocycles. The van der Waals surface area contributed by atoms with E-state index in [1.807, 2.05) is 21.1 Å². The van der Waals surface area contributed by atoms with Crippen LogP contribution in [0.4, 0.5) is 0 Å². The summed E-state index contributed by atoms with van der Waals surface area (Å²) in [6, 6.07) is -0.799. The maximum atomic E-state index is 13.0. The highest BCUT2D eigenvalue weighted by Gasteiger charge is 2.24. The van der Waals surface area contributed by atoms with Gasteiger partial charge in [0.15, 0.2) is 0 Å². The first-order valence-corrected chi connectivity index (χ1v) is 35.8. The highest BCUT2D eigenvalue weighted by Crippen LogP contribution is 2.38. The zero-order valence-corrected chi connectivity index (χ0v) is 53.8. The minimum Gasteiger partial charge on any atom is -0.756 e.